The van der Waals surface area contributed by atoms with Gasteiger partial charge in [0.25, 0.3) is 0 Å². The average molecular weight is 219 g/mol. The topological polar surface area (TPSA) is 51.8 Å². The lowest BCUT2D eigenvalue weighted by Gasteiger charge is -1.96. The Morgan fingerprint density at radius 2 is 2.27 bits per heavy atom. The number of pyridine rings is 1. The van der Waals surface area contributed by atoms with E-state index < -0.39 is 0 Å². The fraction of sp³-hybridized carbons (Fsp3) is 0.273. The van der Waals surface area contributed by atoms with Crippen molar-refractivity contribution >= 4 is 17.2 Å². The van der Waals surface area contributed by atoms with E-state index in [0.717, 1.165) is 28.4 Å². The third kappa shape index (κ3) is 2.33. The van der Waals surface area contributed by atoms with Crippen LogP contribution in [0, 0.1) is 0 Å². The number of hydrogen-bond donors (Lipinski definition) is 1. The van der Waals surface area contributed by atoms with Gasteiger partial charge in [-0.3, -0.25) is 0 Å². The number of nitrogen functional groups attached to an aromatic ring is 1. The Kier molecular flexibility index (Phi) is 2.97. The summed E-state index contributed by atoms with van der Waals surface area (Å²) in [6.45, 7) is 2.15. The molecule has 2 heterocycles. The van der Waals surface area contributed by atoms with E-state index >= 15 is 0 Å². The molecule has 2 aromatic heterocycles. The molecule has 4 heteroatoms. The van der Waals surface area contributed by atoms with Gasteiger partial charge in [0.2, 0.25) is 0 Å². The SMILES string of the molecule is CCCc1ncc(-c2cccc(N)n2)s1. The number of thiazole rings is 1. The fourth-order valence-electron chi connectivity index (χ4n) is 1.35. The Bertz CT molecular complexity index is 451. The van der Waals surface area contributed by atoms with Crippen molar-refractivity contribution in [2.24, 2.45) is 0 Å². The van der Waals surface area contributed by atoms with Gasteiger partial charge in [0.15, 0.2) is 0 Å². The number of aryl methyl sites for hydroxylation is 1. The van der Waals surface area contributed by atoms with Gasteiger partial charge in [-0.1, -0.05) is 13.0 Å². The van der Waals surface area contributed by atoms with E-state index in [1.165, 1.54) is 0 Å². The summed E-state index contributed by atoms with van der Waals surface area (Å²) in [5, 5.41) is 1.16. The number of nitrogens with two attached hydrogens (primary N) is 1. The molecule has 0 spiro atoms. The summed E-state index contributed by atoms with van der Waals surface area (Å²) in [5.41, 5.74) is 6.55. The maximum atomic E-state index is 5.63. The molecule has 0 atom stereocenters. The molecule has 0 fully saturated rings. The van der Waals surface area contributed by atoms with Crippen molar-refractivity contribution in [1.82, 2.24) is 9.97 Å². The zero-order chi connectivity index (χ0) is 10.7. The molecule has 78 valence electrons. The third-order valence-electron chi connectivity index (χ3n) is 2.04. The van der Waals surface area contributed by atoms with Gasteiger partial charge in [-0.05, 0) is 25.0 Å². The highest BCUT2D eigenvalue weighted by Gasteiger charge is 2.04. The average Bonchev–Trinajstić information content (AvgIpc) is 2.67. The number of hydrogen-bond acceptors (Lipinski definition) is 4. The van der Waals surface area contributed by atoms with Crippen LogP contribution >= 0.6 is 11.3 Å². The fourth-order valence-corrected chi connectivity index (χ4v) is 2.34. The monoisotopic (exact) mass is 219 g/mol. The summed E-state index contributed by atoms with van der Waals surface area (Å²) >= 11 is 1.69. The molecule has 0 amide bonds. The molecule has 0 unspecified atom stereocenters. The van der Waals surface area contributed by atoms with Gasteiger partial charge in [0, 0.05) is 6.20 Å². The van der Waals surface area contributed by atoms with Crippen LogP contribution in [-0.4, -0.2) is 9.97 Å². The minimum absolute atomic E-state index is 0.554. The van der Waals surface area contributed by atoms with E-state index in [1.807, 2.05) is 18.3 Å². The Morgan fingerprint density at radius 3 is 3.00 bits per heavy atom. The van der Waals surface area contributed by atoms with Gasteiger partial charge in [-0.2, -0.15) is 0 Å². The van der Waals surface area contributed by atoms with Crippen LogP contribution in [0.1, 0.15) is 18.4 Å². The van der Waals surface area contributed by atoms with E-state index in [0.29, 0.717) is 5.82 Å². The molecule has 15 heavy (non-hydrogen) atoms. The molecule has 2 rings (SSSR count). The second-order valence-corrected chi connectivity index (χ2v) is 4.43. The van der Waals surface area contributed by atoms with Crippen molar-refractivity contribution < 1.29 is 0 Å². The van der Waals surface area contributed by atoms with E-state index in [4.69, 9.17) is 5.73 Å². The lowest BCUT2D eigenvalue weighted by atomic mass is 10.3. The molecule has 3 nitrogen and oxygen atoms in total. The zero-order valence-electron chi connectivity index (χ0n) is 8.60. The van der Waals surface area contributed by atoms with Gasteiger partial charge in [0.1, 0.15) is 5.82 Å². The second-order valence-electron chi connectivity index (χ2n) is 3.32. The summed E-state index contributed by atoms with van der Waals surface area (Å²) in [7, 11) is 0. The largest absolute Gasteiger partial charge is 0.384 e. The molecule has 0 bridgehead atoms. The molecule has 0 radical (unpaired) electrons. The molecule has 0 aliphatic rings. The first-order valence-corrected chi connectivity index (χ1v) is 5.79. The standard InChI is InChI=1S/C11H13N3S/c1-2-4-11-13-7-9(15-11)8-5-3-6-10(12)14-8/h3,5-7H,2,4H2,1H3,(H2,12,14). The highest BCUT2D eigenvalue weighted by atomic mass is 32.1. The Balaban J connectivity index is 2.29. The number of nitrogens with zero attached hydrogens (tertiary/aromatic N) is 2. The predicted octanol–water partition coefficient (Wildman–Crippen LogP) is 2.74. The Hall–Kier alpha value is -1.42. The van der Waals surface area contributed by atoms with Crippen molar-refractivity contribution in [3.05, 3.63) is 29.4 Å². The summed E-state index contributed by atoms with van der Waals surface area (Å²) in [4.78, 5) is 9.70. The minimum atomic E-state index is 0.554. The van der Waals surface area contributed by atoms with Crippen molar-refractivity contribution in [2.45, 2.75) is 19.8 Å². The number of anilines is 1. The molecule has 0 aromatic carbocycles. The van der Waals surface area contributed by atoms with Crippen LogP contribution in [0.4, 0.5) is 5.82 Å². The van der Waals surface area contributed by atoms with Crippen LogP contribution in [0.15, 0.2) is 24.4 Å². The van der Waals surface area contributed by atoms with Crippen molar-refractivity contribution in [3.63, 3.8) is 0 Å². The van der Waals surface area contributed by atoms with Gasteiger partial charge in [-0.15, -0.1) is 11.3 Å². The number of aromatic nitrogens is 2. The maximum absolute atomic E-state index is 5.63. The molecule has 0 aliphatic heterocycles. The van der Waals surface area contributed by atoms with E-state index in [9.17, 15) is 0 Å². The van der Waals surface area contributed by atoms with Gasteiger partial charge >= 0.3 is 0 Å². The molecule has 2 aromatic rings. The van der Waals surface area contributed by atoms with Crippen LogP contribution in [-0.2, 0) is 6.42 Å². The van der Waals surface area contributed by atoms with Crippen molar-refractivity contribution in [2.75, 3.05) is 5.73 Å². The highest BCUT2D eigenvalue weighted by molar-refractivity contribution is 7.15. The second kappa shape index (κ2) is 4.40. The first kappa shape index (κ1) is 10.1. The lowest BCUT2D eigenvalue weighted by Crippen LogP contribution is -1.89. The minimum Gasteiger partial charge on any atom is -0.384 e. The van der Waals surface area contributed by atoms with Crippen LogP contribution in [0.2, 0.25) is 0 Å². The normalized spacial score (nSPS) is 10.5. The molecule has 0 saturated heterocycles. The molecule has 2 N–H and O–H groups in total. The van der Waals surface area contributed by atoms with Crippen molar-refractivity contribution in [3.8, 4) is 10.6 Å². The smallest absolute Gasteiger partial charge is 0.124 e. The quantitative estimate of drug-likeness (QED) is 0.863. The first-order valence-electron chi connectivity index (χ1n) is 4.97. The van der Waals surface area contributed by atoms with Crippen LogP contribution < -0.4 is 5.73 Å². The summed E-state index contributed by atoms with van der Waals surface area (Å²) in [6, 6.07) is 5.66. The first-order chi connectivity index (χ1) is 7.29. The summed E-state index contributed by atoms with van der Waals surface area (Å²) in [6.07, 6.45) is 4.03. The van der Waals surface area contributed by atoms with Crippen molar-refractivity contribution in [1.29, 1.82) is 0 Å². The Morgan fingerprint density at radius 1 is 1.40 bits per heavy atom. The van der Waals surface area contributed by atoms with E-state index in [1.54, 1.807) is 17.4 Å². The van der Waals surface area contributed by atoms with Gasteiger partial charge < -0.3 is 5.73 Å². The molecular weight excluding hydrogens is 206 g/mol. The van der Waals surface area contributed by atoms with Gasteiger partial charge in [0.05, 0.1) is 15.6 Å². The lowest BCUT2D eigenvalue weighted by molar-refractivity contribution is 0.909. The summed E-state index contributed by atoms with van der Waals surface area (Å²) in [5.74, 6) is 0.554. The summed E-state index contributed by atoms with van der Waals surface area (Å²) < 4.78 is 0. The van der Waals surface area contributed by atoms with E-state index in [2.05, 4.69) is 16.9 Å². The molecule has 0 saturated carbocycles. The Labute approximate surface area is 93.0 Å². The van der Waals surface area contributed by atoms with Crippen LogP contribution in [0.3, 0.4) is 0 Å². The highest BCUT2D eigenvalue weighted by Crippen LogP contribution is 2.25. The zero-order valence-corrected chi connectivity index (χ0v) is 9.42. The van der Waals surface area contributed by atoms with Crippen LogP contribution in [0.5, 0.6) is 0 Å². The third-order valence-corrected chi connectivity index (χ3v) is 3.12. The molecule has 0 aliphatic carbocycles. The molecular formula is C11H13N3S. The number of rotatable bonds is 3. The maximum Gasteiger partial charge on any atom is 0.124 e. The van der Waals surface area contributed by atoms with E-state index in [-0.39, 0.29) is 0 Å². The van der Waals surface area contributed by atoms with Crippen LogP contribution in [0.25, 0.3) is 10.6 Å². The predicted molar refractivity (Wildman–Crippen MR) is 63.8 cm³/mol. The van der Waals surface area contributed by atoms with Gasteiger partial charge in [-0.25, -0.2) is 9.97 Å².